The van der Waals surface area contributed by atoms with Crippen molar-refractivity contribution in [3.63, 3.8) is 0 Å². The second kappa shape index (κ2) is 8.66. The fourth-order valence-corrected chi connectivity index (χ4v) is 1.85. The maximum Gasteiger partial charge on any atom is 0.0591 e. The molecule has 1 rings (SSSR count). The Morgan fingerprint density at radius 3 is 2.71 bits per heavy atom. The number of ether oxygens (including phenoxy) is 1. The van der Waals surface area contributed by atoms with Crippen LogP contribution in [0.5, 0.6) is 0 Å². The van der Waals surface area contributed by atoms with Crippen LogP contribution >= 0.6 is 22.6 Å². The maximum atomic E-state index is 5.44. The van der Waals surface area contributed by atoms with Gasteiger partial charge in [-0.05, 0) is 53.6 Å². The first kappa shape index (κ1) is 14.7. The molecule has 0 aliphatic rings. The van der Waals surface area contributed by atoms with Gasteiger partial charge in [0, 0.05) is 16.2 Å². The van der Waals surface area contributed by atoms with Gasteiger partial charge < -0.3 is 10.1 Å². The summed E-state index contributed by atoms with van der Waals surface area (Å²) in [6.07, 6.45) is 2.80. The normalized spacial score (nSPS) is 12.4. The molecule has 0 fully saturated rings. The third-order valence-electron chi connectivity index (χ3n) is 2.53. The summed E-state index contributed by atoms with van der Waals surface area (Å²) in [6.45, 7) is 8.23. The molecule has 1 aromatic rings. The van der Waals surface area contributed by atoms with Crippen LogP contribution in [-0.4, -0.2) is 19.8 Å². The van der Waals surface area contributed by atoms with Crippen molar-refractivity contribution in [2.45, 2.75) is 19.4 Å². The van der Waals surface area contributed by atoms with Gasteiger partial charge in [0.05, 0.1) is 13.2 Å². The predicted octanol–water partition coefficient (Wildman–Crippen LogP) is 3.53. The fraction of sp³-hybridized carbons (Fsp3) is 0.429. The van der Waals surface area contributed by atoms with E-state index in [9.17, 15) is 0 Å². The lowest BCUT2D eigenvalue weighted by atomic mass is 10.1. The molecular formula is C14H20INO. The molecule has 0 radical (unpaired) electrons. The van der Waals surface area contributed by atoms with E-state index in [-0.39, 0.29) is 0 Å². The third kappa shape index (κ3) is 6.19. The Hall–Kier alpha value is -0.390. The van der Waals surface area contributed by atoms with Crippen LogP contribution < -0.4 is 5.32 Å². The van der Waals surface area contributed by atoms with Crippen LogP contribution in [0.1, 0.15) is 24.9 Å². The third-order valence-corrected chi connectivity index (χ3v) is 3.25. The predicted molar refractivity (Wildman–Crippen MR) is 81.2 cm³/mol. The summed E-state index contributed by atoms with van der Waals surface area (Å²) in [6, 6.07) is 8.97. The largest absolute Gasteiger partial charge is 0.380 e. The summed E-state index contributed by atoms with van der Waals surface area (Å²) in [4.78, 5) is 0. The highest BCUT2D eigenvalue weighted by Crippen LogP contribution is 2.13. The summed E-state index contributed by atoms with van der Waals surface area (Å²) < 4.78 is 6.71. The Bertz CT molecular complexity index is 323. The molecule has 94 valence electrons. The van der Waals surface area contributed by atoms with Gasteiger partial charge in [-0.1, -0.05) is 18.2 Å². The minimum atomic E-state index is 0.370. The van der Waals surface area contributed by atoms with Crippen LogP contribution in [0.3, 0.4) is 0 Å². The van der Waals surface area contributed by atoms with E-state index in [2.05, 4.69) is 65.7 Å². The molecule has 0 saturated carbocycles. The second-order valence-corrected chi connectivity index (χ2v) is 5.16. The molecule has 1 unspecified atom stereocenters. The average molecular weight is 345 g/mol. The van der Waals surface area contributed by atoms with Crippen molar-refractivity contribution in [1.29, 1.82) is 0 Å². The molecule has 1 atom stereocenters. The van der Waals surface area contributed by atoms with Gasteiger partial charge in [0.25, 0.3) is 0 Å². The number of benzene rings is 1. The first-order valence-electron chi connectivity index (χ1n) is 5.91. The Labute approximate surface area is 118 Å². The Balaban J connectivity index is 2.18. The molecule has 0 amide bonds. The molecule has 0 aliphatic carbocycles. The van der Waals surface area contributed by atoms with Crippen molar-refractivity contribution in [2.75, 3.05) is 19.8 Å². The highest BCUT2D eigenvalue weighted by atomic mass is 127. The number of halogens is 1. The molecule has 3 heteroatoms. The summed E-state index contributed by atoms with van der Waals surface area (Å²) in [5, 5.41) is 3.44. The Morgan fingerprint density at radius 1 is 1.35 bits per heavy atom. The first-order chi connectivity index (χ1) is 8.24. The average Bonchev–Trinajstić information content (AvgIpc) is 2.34. The minimum absolute atomic E-state index is 0.370. The van der Waals surface area contributed by atoms with E-state index >= 15 is 0 Å². The lowest BCUT2D eigenvalue weighted by Gasteiger charge is -2.14. The standard InChI is InChI=1S/C14H20INO/c1-3-4-10-17-11-9-16-12(2)13-5-7-14(15)8-6-13/h3,5-8,12,16H,1,4,9-11H2,2H3. The number of hydrogen-bond donors (Lipinski definition) is 1. The summed E-state index contributed by atoms with van der Waals surface area (Å²) >= 11 is 2.32. The smallest absolute Gasteiger partial charge is 0.0591 e. The fourth-order valence-electron chi connectivity index (χ4n) is 1.49. The highest BCUT2D eigenvalue weighted by molar-refractivity contribution is 14.1. The van der Waals surface area contributed by atoms with Crippen LogP contribution in [0.4, 0.5) is 0 Å². The van der Waals surface area contributed by atoms with Crippen molar-refractivity contribution in [2.24, 2.45) is 0 Å². The van der Waals surface area contributed by atoms with E-state index in [1.54, 1.807) is 0 Å². The van der Waals surface area contributed by atoms with E-state index in [1.165, 1.54) is 9.13 Å². The molecule has 1 aromatic carbocycles. The molecule has 0 heterocycles. The quantitative estimate of drug-likeness (QED) is 0.442. The second-order valence-electron chi connectivity index (χ2n) is 3.92. The Morgan fingerprint density at radius 2 is 2.06 bits per heavy atom. The topological polar surface area (TPSA) is 21.3 Å². The van der Waals surface area contributed by atoms with Crippen molar-refractivity contribution in [3.05, 3.63) is 46.1 Å². The minimum Gasteiger partial charge on any atom is -0.380 e. The van der Waals surface area contributed by atoms with E-state index in [0.29, 0.717) is 6.04 Å². The summed E-state index contributed by atoms with van der Waals surface area (Å²) in [5.41, 5.74) is 1.32. The van der Waals surface area contributed by atoms with E-state index in [0.717, 1.165) is 26.2 Å². The van der Waals surface area contributed by atoms with Crippen molar-refractivity contribution < 1.29 is 4.74 Å². The zero-order valence-corrected chi connectivity index (χ0v) is 12.4. The van der Waals surface area contributed by atoms with Crippen LogP contribution in [0.25, 0.3) is 0 Å². The lowest BCUT2D eigenvalue weighted by Crippen LogP contribution is -2.23. The monoisotopic (exact) mass is 345 g/mol. The van der Waals surface area contributed by atoms with Crippen LogP contribution in [0.15, 0.2) is 36.9 Å². The molecule has 0 saturated heterocycles. The molecule has 17 heavy (non-hydrogen) atoms. The molecule has 0 spiro atoms. The molecule has 1 N–H and O–H groups in total. The van der Waals surface area contributed by atoms with Gasteiger partial charge in [-0.15, -0.1) is 6.58 Å². The van der Waals surface area contributed by atoms with Gasteiger partial charge >= 0.3 is 0 Å². The number of nitrogens with one attached hydrogen (secondary N) is 1. The van der Waals surface area contributed by atoms with E-state index < -0.39 is 0 Å². The van der Waals surface area contributed by atoms with Crippen molar-refractivity contribution in [1.82, 2.24) is 5.32 Å². The molecule has 0 aliphatic heterocycles. The highest BCUT2D eigenvalue weighted by Gasteiger charge is 2.03. The van der Waals surface area contributed by atoms with Gasteiger partial charge in [0.15, 0.2) is 0 Å². The summed E-state index contributed by atoms with van der Waals surface area (Å²) in [7, 11) is 0. The lowest BCUT2D eigenvalue weighted by molar-refractivity contribution is 0.138. The first-order valence-corrected chi connectivity index (χ1v) is 6.99. The maximum absolute atomic E-state index is 5.44. The molecule has 0 bridgehead atoms. The molecule has 0 aromatic heterocycles. The van der Waals surface area contributed by atoms with E-state index in [1.807, 2.05) is 6.08 Å². The zero-order chi connectivity index (χ0) is 12.5. The van der Waals surface area contributed by atoms with Gasteiger partial charge in [0.2, 0.25) is 0 Å². The van der Waals surface area contributed by atoms with Crippen LogP contribution in [0.2, 0.25) is 0 Å². The van der Waals surface area contributed by atoms with Gasteiger partial charge in [-0.25, -0.2) is 0 Å². The van der Waals surface area contributed by atoms with Crippen molar-refractivity contribution in [3.8, 4) is 0 Å². The molecular weight excluding hydrogens is 325 g/mol. The number of rotatable bonds is 8. The van der Waals surface area contributed by atoms with Crippen molar-refractivity contribution >= 4 is 22.6 Å². The zero-order valence-electron chi connectivity index (χ0n) is 10.3. The SMILES string of the molecule is C=CCCOCCNC(C)c1ccc(I)cc1. The van der Waals surface area contributed by atoms with Crippen LogP contribution in [-0.2, 0) is 4.74 Å². The summed E-state index contributed by atoms with van der Waals surface area (Å²) in [5.74, 6) is 0. The van der Waals surface area contributed by atoms with Crippen LogP contribution in [0, 0.1) is 3.57 Å². The Kier molecular flexibility index (Phi) is 7.48. The molecule has 2 nitrogen and oxygen atoms in total. The van der Waals surface area contributed by atoms with Gasteiger partial charge in [0.1, 0.15) is 0 Å². The number of hydrogen-bond acceptors (Lipinski definition) is 2. The van der Waals surface area contributed by atoms with E-state index in [4.69, 9.17) is 4.74 Å². The van der Waals surface area contributed by atoms with Gasteiger partial charge in [-0.2, -0.15) is 0 Å². The van der Waals surface area contributed by atoms with Gasteiger partial charge in [-0.3, -0.25) is 0 Å².